The van der Waals surface area contributed by atoms with Crippen molar-refractivity contribution in [2.45, 2.75) is 83.8 Å². The lowest BCUT2D eigenvalue weighted by molar-refractivity contribution is -0.274. The number of hydrogen-bond acceptors (Lipinski definition) is 8. The minimum absolute atomic E-state index is 0.0405. The van der Waals surface area contributed by atoms with E-state index in [1.54, 1.807) is 12.1 Å². The first kappa shape index (κ1) is 30.9. The van der Waals surface area contributed by atoms with Gasteiger partial charge in [0.25, 0.3) is 0 Å². The van der Waals surface area contributed by atoms with E-state index in [1.807, 2.05) is 0 Å². The Morgan fingerprint density at radius 1 is 1.09 bits per heavy atom. The van der Waals surface area contributed by atoms with Crippen LogP contribution in [0.15, 0.2) is 30.5 Å². The first-order valence-electron chi connectivity index (χ1n) is 16.2. The lowest BCUT2D eigenvalue weighted by Crippen LogP contribution is -2.56. The smallest absolute Gasteiger partial charge is 0.405 e. The van der Waals surface area contributed by atoms with Gasteiger partial charge in [-0.15, -0.1) is 13.2 Å². The molecule has 11 heteroatoms. The van der Waals surface area contributed by atoms with E-state index < -0.39 is 6.36 Å². The quantitative estimate of drug-likeness (QED) is 0.277. The van der Waals surface area contributed by atoms with Crippen LogP contribution >= 0.6 is 0 Å². The van der Waals surface area contributed by atoms with Crippen molar-refractivity contribution in [2.75, 3.05) is 36.8 Å². The van der Waals surface area contributed by atoms with E-state index in [-0.39, 0.29) is 23.7 Å². The summed E-state index contributed by atoms with van der Waals surface area (Å²) in [7, 11) is 0. The van der Waals surface area contributed by atoms with Crippen molar-refractivity contribution in [1.29, 1.82) is 5.26 Å². The third kappa shape index (κ3) is 7.07. The van der Waals surface area contributed by atoms with Crippen molar-refractivity contribution < 1.29 is 17.9 Å². The maximum absolute atomic E-state index is 12.8. The van der Waals surface area contributed by atoms with Crippen molar-refractivity contribution >= 4 is 11.8 Å². The predicted molar refractivity (Wildman–Crippen MR) is 163 cm³/mol. The van der Waals surface area contributed by atoms with Crippen LogP contribution in [0.2, 0.25) is 0 Å². The van der Waals surface area contributed by atoms with E-state index >= 15 is 0 Å². The third-order valence-corrected chi connectivity index (χ3v) is 10.7. The fourth-order valence-corrected chi connectivity index (χ4v) is 8.77. The zero-order valence-corrected chi connectivity index (χ0v) is 25.7. The number of nitriles is 1. The molecule has 3 N–H and O–H groups in total. The number of nitrogens with zero attached hydrogens (tertiary/aromatic N) is 4. The van der Waals surface area contributed by atoms with Crippen molar-refractivity contribution in [1.82, 2.24) is 20.2 Å². The summed E-state index contributed by atoms with van der Waals surface area (Å²) in [6, 6.07) is 9.42. The van der Waals surface area contributed by atoms with Crippen LogP contribution in [-0.2, 0) is 6.54 Å². The second kappa shape index (κ2) is 12.7. The fourth-order valence-electron chi connectivity index (χ4n) is 8.77. The molecule has 1 aliphatic heterocycles. The summed E-state index contributed by atoms with van der Waals surface area (Å²) >= 11 is 0. The van der Waals surface area contributed by atoms with Crippen molar-refractivity contribution in [3.8, 4) is 11.8 Å². The lowest BCUT2D eigenvalue weighted by atomic mass is 9.46. The minimum Gasteiger partial charge on any atom is -0.405 e. The molecule has 5 aliphatic rings. The van der Waals surface area contributed by atoms with Crippen LogP contribution < -0.4 is 20.7 Å². The second-order valence-electron chi connectivity index (χ2n) is 13.9. The summed E-state index contributed by atoms with van der Waals surface area (Å²) in [5.74, 6) is 3.43. The Morgan fingerprint density at radius 3 is 2.50 bits per heavy atom. The molecule has 4 bridgehead atoms. The molecule has 7 rings (SSSR count). The molecule has 0 amide bonds. The molecular formula is C33H44F3N7O. The molecule has 1 aromatic carbocycles. The number of para-hydroxylation sites is 1. The van der Waals surface area contributed by atoms with Gasteiger partial charge in [0.1, 0.15) is 23.2 Å². The average molecular weight is 612 g/mol. The van der Waals surface area contributed by atoms with Gasteiger partial charge in [-0.25, -0.2) is 4.98 Å². The Bertz CT molecular complexity index is 1320. The van der Waals surface area contributed by atoms with Crippen LogP contribution in [0.4, 0.5) is 24.9 Å². The fraction of sp³-hybridized carbons (Fsp3) is 0.667. The summed E-state index contributed by atoms with van der Waals surface area (Å²) in [5, 5.41) is 20.2. The largest absolute Gasteiger partial charge is 0.573 e. The maximum atomic E-state index is 12.8. The molecule has 5 atom stereocenters. The van der Waals surface area contributed by atoms with Crippen molar-refractivity contribution in [2.24, 2.45) is 29.1 Å². The number of nitrogens with one attached hydrogen (secondary N) is 3. The highest BCUT2D eigenvalue weighted by Crippen LogP contribution is 2.62. The maximum Gasteiger partial charge on any atom is 0.573 e. The second-order valence-corrected chi connectivity index (χ2v) is 13.9. The first-order valence-corrected chi connectivity index (χ1v) is 16.2. The van der Waals surface area contributed by atoms with Gasteiger partial charge in [0.15, 0.2) is 0 Å². The van der Waals surface area contributed by atoms with E-state index in [0.29, 0.717) is 29.0 Å². The number of piperidine rings is 1. The molecule has 1 saturated heterocycles. The van der Waals surface area contributed by atoms with Gasteiger partial charge in [0.05, 0.1) is 6.20 Å². The summed E-state index contributed by atoms with van der Waals surface area (Å²) in [4.78, 5) is 11.4. The van der Waals surface area contributed by atoms with Crippen LogP contribution in [0.25, 0.3) is 0 Å². The monoisotopic (exact) mass is 611 g/mol. The summed E-state index contributed by atoms with van der Waals surface area (Å²) < 4.78 is 42.7. The molecule has 1 aromatic heterocycles. The van der Waals surface area contributed by atoms with Crippen LogP contribution in [0, 0.1) is 40.4 Å². The number of halogens is 3. The Hall–Kier alpha value is -3.10. The lowest BCUT2D eigenvalue weighted by Gasteiger charge is -2.60. The van der Waals surface area contributed by atoms with E-state index in [9.17, 15) is 18.4 Å². The molecule has 0 spiro atoms. The molecule has 8 nitrogen and oxygen atoms in total. The van der Waals surface area contributed by atoms with Crippen LogP contribution in [0.1, 0.15) is 69.9 Å². The van der Waals surface area contributed by atoms with Crippen molar-refractivity contribution in [3.63, 3.8) is 0 Å². The Kier molecular flexibility index (Phi) is 8.93. The van der Waals surface area contributed by atoms with Crippen molar-refractivity contribution in [3.05, 3.63) is 41.6 Å². The van der Waals surface area contributed by atoms with Gasteiger partial charge in [-0.05, 0) is 114 Å². The molecule has 238 valence electrons. The highest BCUT2D eigenvalue weighted by Gasteiger charge is 2.55. The Labute approximate surface area is 258 Å². The van der Waals surface area contributed by atoms with Gasteiger partial charge in [0.2, 0.25) is 5.95 Å². The number of rotatable bonds is 11. The Morgan fingerprint density at radius 2 is 1.82 bits per heavy atom. The Balaban J connectivity index is 1.06. The number of hydrogen-bond donors (Lipinski definition) is 3. The highest BCUT2D eigenvalue weighted by atomic mass is 19.4. The zero-order valence-electron chi connectivity index (χ0n) is 25.7. The van der Waals surface area contributed by atoms with Crippen LogP contribution in [0.3, 0.4) is 0 Å². The minimum atomic E-state index is -4.78. The van der Waals surface area contributed by atoms with Gasteiger partial charge in [0, 0.05) is 30.7 Å². The molecule has 4 aliphatic carbocycles. The zero-order chi connectivity index (χ0) is 30.9. The standard InChI is InChI=1S/C33H44F3N7O/c1-21(2)43-9-7-27(8-10-43)38-19-28-24-11-22-12-25(28)15-32(13-22,14-24)20-41-30-26(16-37)18-40-31(42-30)39-17-23-5-3-4-6-29(23)44-33(34,35)36/h3-6,18,21-22,24-25,27-28,38H,7-15,17,19-20H2,1-2H3,(H2,39,40,41,42)/t22?,24-,25+,28?,32?. The summed E-state index contributed by atoms with van der Waals surface area (Å²) in [5.41, 5.74) is 0.881. The predicted octanol–water partition coefficient (Wildman–Crippen LogP) is 6.18. The number of alkyl halides is 3. The number of aromatic nitrogens is 2. The van der Waals surface area contributed by atoms with Gasteiger partial charge in [-0.1, -0.05) is 18.2 Å². The van der Waals surface area contributed by atoms with E-state index in [0.717, 1.165) is 36.8 Å². The summed E-state index contributed by atoms with van der Waals surface area (Å²) in [6.45, 7) is 8.89. The van der Waals surface area contributed by atoms with E-state index in [4.69, 9.17) is 0 Å². The van der Waals surface area contributed by atoms with E-state index in [1.165, 1.54) is 76.4 Å². The van der Waals surface area contributed by atoms with Gasteiger partial charge < -0.3 is 25.6 Å². The molecule has 4 saturated carbocycles. The highest BCUT2D eigenvalue weighted by molar-refractivity contribution is 5.53. The first-order chi connectivity index (χ1) is 21.1. The normalized spacial score (nSPS) is 28.7. The SMILES string of the molecule is CC(C)N1CCC(NCC2[C@@H]3CC4C[C@H]2CC(CNc2nc(NCc5ccccc5OC(F)(F)F)ncc2C#N)(C4)C3)CC1. The number of anilines is 2. The van der Waals surface area contributed by atoms with Crippen LogP contribution in [-0.4, -0.2) is 59.5 Å². The molecule has 0 radical (unpaired) electrons. The molecule has 3 unspecified atom stereocenters. The third-order valence-electron chi connectivity index (χ3n) is 10.7. The number of likely N-dealkylation sites (tertiary alicyclic amines) is 1. The van der Waals surface area contributed by atoms with Crippen LogP contribution in [0.5, 0.6) is 5.75 Å². The number of benzene rings is 1. The molecule has 44 heavy (non-hydrogen) atoms. The van der Waals surface area contributed by atoms with Gasteiger partial charge in [-0.2, -0.15) is 10.2 Å². The molecular weight excluding hydrogens is 567 g/mol. The van der Waals surface area contributed by atoms with Gasteiger partial charge in [-0.3, -0.25) is 0 Å². The summed E-state index contributed by atoms with van der Waals surface area (Å²) in [6.07, 6.45) is 5.46. The molecule has 2 aromatic rings. The molecule has 2 heterocycles. The topological polar surface area (TPSA) is 98.1 Å². The average Bonchev–Trinajstić information content (AvgIpc) is 2.98. The van der Waals surface area contributed by atoms with Gasteiger partial charge >= 0.3 is 6.36 Å². The molecule has 5 fully saturated rings. The van der Waals surface area contributed by atoms with E-state index in [2.05, 4.69) is 55.5 Å². The number of ether oxygens (including phenoxy) is 1.